The summed E-state index contributed by atoms with van der Waals surface area (Å²) >= 11 is 3.40. The zero-order chi connectivity index (χ0) is 7.98. The molecule has 0 aliphatic rings. The van der Waals surface area contributed by atoms with Crippen molar-refractivity contribution >= 4 is 15.9 Å². The summed E-state index contributed by atoms with van der Waals surface area (Å²) in [6.07, 6.45) is 8.12. The predicted octanol–water partition coefficient (Wildman–Crippen LogP) is 3.81. The highest BCUT2D eigenvalue weighted by Crippen LogP contribution is 2.07. The Kier molecular flexibility index (Phi) is 5.32. The average Bonchev–Trinajstić information content (AvgIpc) is 1.85. The van der Waals surface area contributed by atoms with Crippen molar-refractivity contribution in [3.8, 4) is 0 Å². The molecule has 0 fully saturated rings. The second-order valence-electron chi connectivity index (χ2n) is 2.30. The lowest BCUT2D eigenvalue weighted by molar-refractivity contribution is 1.39. The molecular weight excluding hydrogens is 188 g/mol. The minimum atomic E-state index is 1.11. The number of rotatable bonds is 2. The van der Waals surface area contributed by atoms with Gasteiger partial charge in [-0.2, -0.15) is 0 Å². The summed E-state index contributed by atoms with van der Waals surface area (Å²) in [6.45, 7) is 6.15. The van der Waals surface area contributed by atoms with Crippen LogP contribution in [0.2, 0.25) is 0 Å². The largest absolute Gasteiger partial charge is 0.0865 e. The maximum atomic E-state index is 3.40. The highest BCUT2D eigenvalue weighted by Gasteiger charge is 1.78. The smallest absolute Gasteiger partial charge is 0.0171 e. The van der Waals surface area contributed by atoms with E-state index in [4.69, 9.17) is 0 Å². The Hall–Kier alpha value is -0.300. The molecule has 0 aromatic carbocycles. The normalized spacial score (nSPS) is 12.2. The van der Waals surface area contributed by atoms with Crippen molar-refractivity contribution in [2.45, 2.75) is 20.8 Å². The quantitative estimate of drug-likeness (QED) is 0.596. The van der Waals surface area contributed by atoms with Gasteiger partial charge in [-0.3, -0.25) is 0 Å². The molecule has 0 unspecified atom stereocenters. The summed E-state index contributed by atoms with van der Waals surface area (Å²) in [5.41, 5.74) is 1.31. The molecule has 0 radical (unpaired) electrons. The summed E-state index contributed by atoms with van der Waals surface area (Å²) in [5.74, 6) is 0. The molecule has 0 aliphatic carbocycles. The molecule has 0 aliphatic heterocycles. The fourth-order valence-electron chi connectivity index (χ4n) is 0.461. The molecule has 0 atom stereocenters. The van der Waals surface area contributed by atoms with Crippen molar-refractivity contribution in [3.05, 3.63) is 34.4 Å². The van der Waals surface area contributed by atoms with E-state index in [0.29, 0.717) is 0 Å². The molecule has 0 saturated carbocycles. The fraction of sp³-hybridized carbons (Fsp3) is 0.333. The average molecular weight is 201 g/mol. The second kappa shape index (κ2) is 5.48. The number of hydrogen-bond acceptors (Lipinski definition) is 0. The topological polar surface area (TPSA) is 0 Å². The van der Waals surface area contributed by atoms with E-state index in [-0.39, 0.29) is 0 Å². The lowest BCUT2D eigenvalue weighted by atomic mass is 10.3. The van der Waals surface area contributed by atoms with Gasteiger partial charge in [0.05, 0.1) is 0 Å². The second-order valence-corrected chi connectivity index (χ2v) is 3.21. The van der Waals surface area contributed by atoms with Crippen LogP contribution in [0, 0.1) is 0 Å². The monoisotopic (exact) mass is 200 g/mol. The molecule has 0 bridgehead atoms. The summed E-state index contributed by atoms with van der Waals surface area (Å²) in [7, 11) is 0. The van der Waals surface area contributed by atoms with Gasteiger partial charge in [0.25, 0.3) is 0 Å². The molecule has 0 N–H and O–H groups in total. The van der Waals surface area contributed by atoms with Gasteiger partial charge < -0.3 is 0 Å². The molecule has 0 rings (SSSR count). The van der Waals surface area contributed by atoms with E-state index < -0.39 is 0 Å². The van der Waals surface area contributed by atoms with E-state index in [1.165, 1.54) is 5.57 Å². The lowest BCUT2D eigenvalue weighted by Crippen LogP contribution is -1.62. The molecule has 0 saturated heterocycles. The van der Waals surface area contributed by atoms with Crippen molar-refractivity contribution in [2.24, 2.45) is 0 Å². The summed E-state index contributed by atoms with van der Waals surface area (Å²) in [6, 6.07) is 0. The molecule has 0 aromatic heterocycles. The van der Waals surface area contributed by atoms with E-state index in [0.717, 1.165) is 4.48 Å². The number of halogens is 1. The summed E-state index contributed by atoms with van der Waals surface area (Å²) in [5, 5.41) is 0. The first kappa shape index (κ1) is 9.70. The van der Waals surface area contributed by atoms with Crippen LogP contribution in [-0.2, 0) is 0 Å². The van der Waals surface area contributed by atoms with Gasteiger partial charge in [0, 0.05) is 4.48 Å². The molecular formula is C9H13Br. The fourth-order valence-corrected chi connectivity index (χ4v) is 0.858. The first-order valence-corrected chi connectivity index (χ1v) is 4.09. The molecule has 56 valence electrons. The van der Waals surface area contributed by atoms with Gasteiger partial charge in [0.1, 0.15) is 0 Å². The third-order valence-electron chi connectivity index (χ3n) is 0.902. The van der Waals surface area contributed by atoms with Gasteiger partial charge in [0.2, 0.25) is 0 Å². The van der Waals surface area contributed by atoms with Crippen molar-refractivity contribution < 1.29 is 0 Å². The first-order chi connectivity index (χ1) is 4.66. The Balaban J connectivity index is 4.05. The Morgan fingerprint density at radius 2 is 1.80 bits per heavy atom. The van der Waals surface area contributed by atoms with Crippen LogP contribution in [0.1, 0.15) is 20.8 Å². The number of allylic oxidation sites excluding steroid dienone is 6. The van der Waals surface area contributed by atoms with Crippen LogP contribution in [-0.4, -0.2) is 0 Å². The molecule has 0 heterocycles. The summed E-state index contributed by atoms with van der Waals surface area (Å²) in [4.78, 5) is 0. The third-order valence-corrected chi connectivity index (χ3v) is 1.43. The van der Waals surface area contributed by atoms with Crippen molar-refractivity contribution in [1.82, 2.24) is 0 Å². The standard InChI is InChI=1S/C9H13Br/c1-4-5-9(10)7-6-8(2)3/h4-7H,1-3H3. The van der Waals surface area contributed by atoms with Crippen molar-refractivity contribution in [2.75, 3.05) is 0 Å². The zero-order valence-corrected chi connectivity index (χ0v) is 8.27. The van der Waals surface area contributed by atoms with Gasteiger partial charge in [-0.1, -0.05) is 39.7 Å². The molecule has 0 spiro atoms. The zero-order valence-electron chi connectivity index (χ0n) is 6.69. The highest BCUT2D eigenvalue weighted by atomic mass is 79.9. The SMILES string of the molecule is CC=CC(Br)=CC=C(C)C. The first-order valence-electron chi connectivity index (χ1n) is 3.30. The van der Waals surface area contributed by atoms with Gasteiger partial charge in [-0.05, 0) is 26.8 Å². The lowest BCUT2D eigenvalue weighted by Gasteiger charge is -1.85. The number of hydrogen-bond donors (Lipinski definition) is 0. The van der Waals surface area contributed by atoms with Crippen molar-refractivity contribution in [1.29, 1.82) is 0 Å². The Bertz CT molecular complexity index is 169. The van der Waals surface area contributed by atoms with Crippen LogP contribution < -0.4 is 0 Å². The van der Waals surface area contributed by atoms with Gasteiger partial charge in [-0.25, -0.2) is 0 Å². The van der Waals surface area contributed by atoms with Crippen LogP contribution in [0.15, 0.2) is 34.4 Å². The molecule has 10 heavy (non-hydrogen) atoms. The van der Waals surface area contributed by atoms with E-state index in [1.54, 1.807) is 0 Å². The van der Waals surface area contributed by atoms with Crippen LogP contribution in [0.25, 0.3) is 0 Å². The van der Waals surface area contributed by atoms with Crippen LogP contribution in [0.4, 0.5) is 0 Å². The van der Waals surface area contributed by atoms with Crippen molar-refractivity contribution in [3.63, 3.8) is 0 Å². The molecule has 0 amide bonds. The van der Waals surface area contributed by atoms with E-state index in [2.05, 4.69) is 35.9 Å². The molecule has 0 nitrogen and oxygen atoms in total. The maximum Gasteiger partial charge on any atom is 0.0171 e. The van der Waals surface area contributed by atoms with Crippen LogP contribution in [0.3, 0.4) is 0 Å². The minimum absolute atomic E-state index is 1.11. The molecule has 0 aromatic rings. The van der Waals surface area contributed by atoms with E-state index >= 15 is 0 Å². The highest BCUT2D eigenvalue weighted by molar-refractivity contribution is 9.11. The predicted molar refractivity (Wildman–Crippen MR) is 51.3 cm³/mol. The summed E-state index contributed by atoms with van der Waals surface area (Å²) < 4.78 is 1.11. The molecule has 1 heteroatoms. The van der Waals surface area contributed by atoms with Gasteiger partial charge in [0.15, 0.2) is 0 Å². The van der Waals surface area contributed by atoms with Crippen LogP contribution in [0.5, 0.6) is 0 Å². The Labute approximate surface area is 71.5 Å². The minimum Gasteiger partial charge on any atom is -0.0865 e. The third kappa shape index (κ3) is 5.83. The van der Waals surface area contributed by atoms with E-state index in [9.17, 15) is 0 Å². The van der Waals surface area contributed by atoms with Gasteiger partial charge in [-0.15, -0.1) is 0 Å². The van der Waals surface area contributed by atoms with Crippen LogP contribution >= 0.6 is 15.9 Å². The van der Waals surface area contributed by atoms with Gasteiger partial charge >= 0.3 is 0 Å². The Morgan fingerprint density at radius 1 is 1.20 bits per heavy atom. The van der Waals surface area contributed by atoms with E-state index in [1.807, 2.05) is 25.2 Å². The Morgan fingerprint density at radius 3 is 2.20 bits per heavy atom. The maximum absolute atomic E-state index is 3.40.